The van der Waals surface area contributed by atoms with E-state index in [1.54, 1.807) is 24.9 Å². The molecule has 150 valence electrons. The monoisotopic (exact) mass is 402 g/mol. The molecule has 3 rings (SSSR count). The van der Waals surface area contributed by atoms with Gasteiger partial charge in [-0.25, -0.2) is 9.50 Å². The number of hydrogen-bond acceptors (Lipinski definition) is 4. The summed E-state index contributed by atoms with van der Waals surface area (Å²) in [6.45, 7) is 3.10. The molecular formula is C16H15F5N6O. The minimum atomic E-state index is -5.82. The molecule has 1 amide bonds. The zero-order valence-corrected chi connectivity index (χ0v) is 15.0. The molecule has 0 bridgehead atoms. The van der Waals surface area contributed by atoms with Gasteiger partial charge in [0.25, 0.3) is 5.91 Å². The molecular weight excluding hydrogens is 387 g/mol. The van der Waals surface area contributed by atoms with Crippen molar-refractivity contribution in [3.05, 3.63) is 46.7 Å². The number of nitrogens with one attached hydrogen (secondary N) is 1. The Kier molecular flexibility index (Phi) is 4.60. The first-order valence-electron chi connectivity index (χ1n) is 8.00. The Morgan fingerprint density at radius 1 is 1.14 bits per heavy atom. The highest BCUT2D eigenvalue weighted by atomic mass is 19.4. The number of rotatable bonds is 4. The summed E-state index contributed by atoms with van der Waals surface area (Å²) in [6, 6.07) is 1.64. The first-order valence-corrected chi connectivity index (χ1v) is 8.00. The maximum absolute atomic E-state index is 13.9. The summed E-state index contributed by atoms with van der Waals surface area (Å²) in [7, 11) is 1.71. The summed E-state index contributed by atoms with van der Waals surface area (Å²) in [5.41, 5.74) is -0.700. The van der Waals surface area contributed by atoms with Gasteiger partial charge in [0.2, 0.25) is 0 Å². The largest absolute Gasteiger partial charge is 0.459 e. The van der Waals surface area contributed by atoms with E-state index in [4.69, 9.17) is 0 Å². The molecule has 0 aromatic carbocycles. The second kappa shape index (κ2) is 6.53. The van der Waals surface area contributed by atoms with Crippen LogP contribution < -0.4 is 5.32 Å². The second-order valence-electron chi connectivity index (χ2n) is 6.25. The SMILES string of the molecule is Cc1cc(C(F)(F)C(F)(F)F)n2nc(C(=O)NCc3cn(C)nc3C)cc2n1. The Bertz CT molecular complexity index is 1050. The molecule has 3 heterocycles. The third kappa shape index (κ3) is 3.41. The van der Waals surface area contributed by atoms with Crippen LogP contribution in [0.3, 0.4) is 0 Å². The molecule has 0 atom stereocenters. The molecule has 0 saturated heterocycles. The van der Waals surface area contributed by atoms with Crippen molar-refractivity contribution < 1.29 is 26.7 Å². The molecule has 0 fully saturated rings. The fraction of sp³-hybridized carbons (Fsp3) is 0.375. The first-order chi connectivity index (χ1) is 12.9. The average molecular weight is 402 g/mol. The van der Waals surface area contributed by atoms with E-state index >= 15 is 0 Å². The summed E-state index contributed by atoms with van der Waals surface area (Å²) >= 11 is 0. The van der Waals surface area contributed by atoms with Crippen molar-refractivity contribution in [2.45, 2.75) is 32.5 Å². The fourth-order valence-corrected chi connectivity index (χ4v) is 2.67. The van der Waals surface area contributed by atoms with Gasteiger partial charge in [-0.3, -0.25) is 9.48 Å². The van der Waals surface area contributed by atoms with Crippen molar-refractivity contribution >= 4 is 11.6 Å². The van der Waals surface area contributed by atoms with E-state index in [1.165, 1.54) is 6.92 Å². The molecule has 0 aliphatic carbocycles. The minimum Gasteiger partial charge on any atom is -0.346 e. The van der Waals surface area contributed by atoms with Gasteiger partial charge in [0.15, 0.2) is 11.3 Å². The fourth-order valence-electron chi connectivity index (χ4n) is 2.67. The Morgan fingerprint density at radius 3 is 2.39 bits per heavy atom. The summed E-state index contributed by atoms with van der Waals surface area (Å²) in [4.78, 5) is 16.2. The predicted molar refractivity (Wildman–Crippen MR) is 86.8 cm³/mol. The number of carbonyl (C=O) groups excluding carboxylic acids is 1. The maximum atomic E-state index is 13.9. The van der Waals surface area contributed by atoms with Gasteiger partial charge in [-0.15, -0.1) is 0 Å². The second-order valence-corrected chi connectivity index (χ2v) is 6.25. The number of amides is 1. The lowest BCUT2D eigenvalue weighted by Crippen LogP contribution is -2.36. The van der Waals surface area contributed by atoms with Crippen LogP contribution in [0.5, 0.6) is 0 Å². The van der Waals surface area contributed by atoms with Crippen molar-refractivity contribution in [3.63, 3.8) is 0 Å². The first kappa shape index (κ1) is 19.7. The number of halogens is 5. The van der Waals surface area contributed by atoms with E-state index < -0.39 is 23.7 Å². The minimum absolute atomic E-state index is 0.0655. The van der Waals surface area contributed by atoms with E-state index in [0.717, 1.165) is 11.6 Å². The molecule has 0 unspecified atom stereocenters. The molecule has 7 nitrogen and oxygen atoms in total. The molecule has 0 aliphatic rings. The van der Waals surface area contributed by atoms with Gasteiger partial charge >= 0.3 is 12.1 Å². The highest BCUT2D eigenvalue weighted by molar-refractivity contribution is 5.93. The lowest BCUT2D eigenvalue weighted by atomic mass is 10.2. The summed E-state index contributed by atoms with van der Waals surface area (Å²) in [6.07, 6.45) is -4.13. The molecule has 0 aliphatic heterocycles. The van der Waals surface area contributed by atoms with Crippen molar-refractivity contribution in [2.75, 3.05) is 0 Å². The van der Waals surface area contributed by atoms with Gasteiger partial charge in [-0.05, 0) is 19.9 Å². The van der Waals surface area contributed by atoms with Crippen molar-refractivity contribution in [3.8, 4) is 0 Å². The highest BCUT2D eigenvalue weighted by Gasteiger charge is 2.60. The number of aryl methyl sites for hydroxylation is 3. The molecule has 3 aromatic rings. The smallest absolute Gasteiger partial charge is 0.346 e. The maximum Gasteiger partial charge on any atom is 0.459 e. The van der Waals surface area contributed by atoms with Crippen LogP contribution in [0, 0.1) is 13.8 Å². The van der Waals surface area contributed by atoms with Crippen LogP contribution in [0.4, 0.5) is 22.0 Å². The van der Waals surface area contributed by atoms with Crippen molar-refractivity contribution in [1.29, 1.82) is 0 Å². The standard InChI is InChI=1S/C16H15F5N6O/c1-8-4-12(15(17,18)16(19,20)21)27-13(23-8)5-11(25-27)14(28)22-6-10-7-26(3)24-9(10)2/h4-5,7H,6H2,1-3H3,(H,22,28). The Balaban J connectivity index is 1.94. The lowest BCUT2D eigenvalue weighted by Gasteiger charge is -2.20. The van der Waals surface area contributed by atoms with E-state index in [2.05, 4.69) is 20.5 Å². The number of alkyl halides is 5. The number of hydrogen-bond donors (Lipinski definition) is 1. The van der Waals surface area contributed by atoms with Gasteiger partial charge in [0.05, 0.1) is 5.69 Å². The van der Waals surface area contributed by atoms with Gasteiger partial charge in [0, 0.05) is 37.1 Å². The van der Waals surface area contributed by atoms with Crippen LogP contribution in [0.2, 0.25) is 0 Å². The quantitative estimate of drug-likeness (QED) is 0.681. The van der Waals surface area contributed by atoms with Gasteiger partial charge in [-0.1, -0.05) is 0 Å². The predicted octanol–water partition coefficient (Wildman–Crippen LogP) is 2.66. The van der Waals surface area contributed by atoms with Crippen molar-refractivity contribution in [2.24, 2.45) is 7.05 Å². The molecule has 0 saturated carbocycles. The molecule has 0 radical (unpaired) electrons. The zero-order chi connectivity index (χ0) is 20.9. The lowest BCUT2D eigenvalue weighted by molar-refractivity contribution is -0.291. The van der Waals surface area contributed by atoms with E-state index in [-0.39, 0.29) is 23.6 Å². The Labute approximate surface area is 155 Å². The molecule has 1 N–H and O–H groups in total. The van der Waals surface area contributed by atoms with Gasteiger partial charge < -0.3 is 5.32 Å². The van der Waals surface area contributed by atoms with Crippen LogP contribution in [0.1, 0.15) is 33.1 Å². The van der Waals surface area contributed by atoms with Gasteiger partial charge in [-0.2, -0.15) is 32.1 Å². The number of fused-ring (bicyclic) bond motifs is 1. The van der Waals surface area contributed by atoms with E-state index in [1.807, 2.05) is 0 Å². The van der Waals surface area contributed by atoms with E-state index in [9.17, 15) is 26.7 Å². The number of carbonyl (C=O) groups is 1. The average Bonchev–Trinajstić information content (AvgIpc) is 3.13. The van der Waals surface area contributed by atoms with Crippen LogP contribution in [0.15, 0.2) is 18.3 Å². The third-order valence-electron chi connectivity index (χ3n) is 4.02. The Hall–Kier alpha value is -3.05. The normalized spacial score (nSPS) is 12.6. The van der Waals surface area contributed by atoms with E-state index in [0.29, 0.717) is 16.3 Å². The molecule has 12 heteroatoms. The van der Waals surface area contributed by atoms with Gasteiger partial charge in [0.1, 0.15) is 5.69 Å². The number of nitrogens with zero attached hydrogens (tertiary/aromatic N) is 5. The highest BCUT2D eigenvalue weighted by Crippen LogP contribution is 2.43. The molecule has 28 heavy (non-hydrogen) atoms. The molecule has 3 aromatic heterocycles. The Morgan fingerprint density at radius 2 is 1.82 bits per heavy atom. The van der Waals surface area contributed by atoms with Crippen LogP contribution >= 0.6 is 0 Å². The van der Waals surface area contributed by atoms with Crippen molar-refractivity contribution in [1.82, 2.24) is 29.7 Å². The zero-order valence-electron chi connectivity index (χ0n) is 15.0. The number of aromatic nitrogens is 5. The van der Waals surface area contributed by atoms with Crippen LogP contribution in [-0.2, 0) is 19.5 Å². The van der Waals surface area contributed by atoms with Crippen LogP contribution in [0.25, 0.3) is 5.65 Å². The third-order valence-corrected chi connectivity index (χ3v) is 4.02. The topological polar surface area (TPSA) is 77.1 Å². The molecule has 0 spiro atoms. The summed E-state index contributed by atoms with van der Waals surface area (Å²) in [5.74, 6) is -5.90. The van der Waals surface area contributed by atoms with Crippen LogP contribution in [-0.4, -0.2) is 36.5 Å². The summed E-state index contributed by atoms with van der Waals surface area (Å²) in [5, 5.41) is 10.3. The summed E-state index contributed by atoms with van der Waals surface area (Å²) < 4.78 is 68.0.